The second-order valence-electron chi connectivity index (χ2n) is 4.93. The number of hydrogen-bond donors (Lipinski definition) is 0. The van der Waals surface area contributed by atoms with Gasteiger partial charge in [-0.2, -0.15) is 5.26 Å². The van der Waals surface area contributed by atoms with Crippen LogP contribution in [-0.2, 0) is 4.74 Å². The number of allylic oxidation sites excluding steroid dienone is 7. The minimum absolute atomic E-state index is 0.454. The van der Waals surface area contributed by atoms with Crippen LogP contribution in [0.15, 0.2) is 87.6 Å². The van der Waals surface area contributed by atoms with Gasteiger partial charge in [-0.15, -0.1) is 0 Å². The van der Waals surface area contributed by atoms with Gasteiger partial charge in [-0.1, -0.05) is 18.2 Å². The summed E-state index contributed by atoms with van der Waals surface area (Å²) in [5, 5.41) is 9.09. The van der Waals surface area contributed by atoms with Gasteiger partial charge in [0.15, 0.2) is 0 Å². The third kappa shape index (κ3) is 7.10. The molecule has 0 aromatic carbocycles. The van der Waals surface area contributed by atoms with Crippen molar-refractivity contribution in [1.82, 2.24) is 4.90 Å². The molecule has 6 heteroatoms. The molecule has 25 heavy (non-hydrogen) atoms. The molecule has 0 amide bonds. The molecule has 2 aliphatic rings. The smallest absolute Gasteiger partial charge is 0.110 e. The normalized spacial score (nSPS) is 18.3. The maximum Gasteiger partial charge on any atom is 0.110 e. The first-order valence-corrected chi connectivity index (χ1v) is 7.80. The zero-order valence-corrected chi connectivity index (χ0v) is 13.8. The highest BCUT2D eigenvalue weighted by Crippen LogP contribution is 2.10. The largest absolute Gasteiger partial charge is 0.471 e. The fourth-order valence-electron chi connectivity index (χ4n) is 1.93. The Bertz CT molecular complexity index is 742. The van der Waals surface area contributed by atoms with Crippen molar-refractivity contribution in [3.63, 3.8) is 0 Å². The first-order chi connectivity index (χ1) is 12.4. The molecule has 0 aromatic heterocycles. The molecule has 0 bridgehead atoms. The van der Waals surface area contributed by atoms with Crippen LogP contribution in [0.25, 0.3) is 0 Å². The van der Waals surface area contributed by atoms with E-state index in [1.54, 1.807) is 55.3 Å². The Morgan fingerprint density at radius 3 is 2.92 bits per heavy atom. The fourth-order valence-corrected chi connectivity index (χ4v) is 1.93. The molecule has 0 saturated heterocycles. The molecule has 2 heterocycles. The molecule has 0 aromatic rings. The van der Waals surface area contributed by atoms with E-state index >= 15 is 0 Å². The Labute approximate surface area is 147 Å². The van der Waals surface area contributed by atoms with Gasteiger partial charge in [0, 0.05) is 31.4 Å². The van der Waals surface area contributed by atoms with Crippen molar-refractivity contribution in [2.45, 2.75) is 6.42 Å². The maximum absolute atomic E-state index is 9.09. The second-order valence-corrected chi connectivity index (χ2v) is 4.93. The van der Waals surface area contributed by atoms with Gasteiger partial charge in [0.1, 0.15) is 19.0 Å². The van der Waals surface area contributed by atoms with E-state index in [9.17, 15) is 0 Å². The number of ether oxygens (including phenoxy) is 1. The number of aliphatic imine (C=N–C) groups is 3. The van der Waals surface area contributed by atoms with E-state index in [0.717, 1.165) is 18.7 Å². The molecule has 0 spiro atoms. The van der Waals surface area contributed by atoms with Crippen LogP contribution in [0.5, 0.6) is 0 Å². The number of nitrogens with zero attached hydrogens (tertiary/aromatic N) is 5. The quantitative estimate of drug-likeness (QED) is 0.683. The molecule has 0 saturated carbocycles. The van der Waals surface area contributed by atoms with Crippen LogP contribution in [-0.4, -0.2) is 36.8 Å². The van der Waals surface area contributed by atoms with E-state index in [1.807, 2.05) is 12.2 Å². The van der Waals surface area contributed by atoms with Crippen LogP contribution < -0.4 is 0 Å². The number of fused-ring (bicyclic) bond motifs is 1. The minimum atomic E-state index is 0.454. The van der Waals surface area contributed by atoms with Crippen molar-refractivity contribution in [3.05, 3.63) is 72.7 Å². The van der Waals surface area contributed by atoms with Gasteiger partial charge >= 0.3 is 0 Å². The highest BCUT2D eigenvalue weighted by atomic mass is 16.5. The molecule has 0 atom stereocenters. The lowest BCUT2D eigenvalue weighted by Gasteiger charge is -2.16. The molecule has 0 fully saturated rings. The van der Waals surface area contributed by atoms with Crippen molar-refractivity contribution >= 4 is 18.6 Å². The van der Waals surface area contributed by atoms with E-state index in [1.165, 1.54) is 12.5 Å². The minimum Gasteiger partial charge on any atom is -0.471 e. The van der Waals surface area contributed by atoms with Crippen molar-refractivity contribution < 1.29 is 4.74 Å². The number of rotatable bonds is 0. The Kier molecular flexibility index (Phi) is 7.97. The third-order valence-corrected chi connectivity index (χ3v) is 3.14. The first kappa shape index (κ1) is 17.9. The Morgan fingerprint density at radius 1 is 1.12 bits per heavy atom. The van der Waals surface area contributed by atoms with Gasteiger partial charge in [0.05, 0.1) is 23.7 Å². The standard InChI is InChI=1S/C19H19N5O/c20-13-18-7-3-5-11-24-17-23-15-19(24)14-22-10-9-21-8-4-1-2-6-12-25-16-18/h1-4,6-10,12,14-16H,5,11,17H2. The summed E-state index contributed by atoms with van der Waals surface area (Å²) in [7, 11) is 0. The monoisotopic (exact) mass is 333 g/mol. The van der Waals surface area contributed by atoms with Crippen LogP contribution in [0.3, 0.4) is 0 Å². The first-order valence-electron chi connectivity index (χ1n) is 7.80. The van der Waals surface area contributed by atoms with Crippen LogP contribution >= 0.6 is 0 Å². The lowest BCUT2D eigenvalue weighted by atomic mass is 10.2. The molecule has 0 unspecified atom stereocenters. The van der Waals surface area contributed by atoms with Crippen LogP contribution in [0.2, 0.25) is 0 Å². The second kappa shape index (κ2) is 11.1. The van der Waals surface area contributed by atoms with E-state index in [4.69, 9.17) is 10.00 Å². The van der Waals surface area contributed by atoms with Gasteiger partial charge in [-0.05, 0) is 24.6 Å². The lowest BCUT2D eigenvalue weighted by Crippen LogP contribution is -2.19. The predicted octanol–water partition coefficient (Wildman–Crippen LogP) is 3.28. The van der Waals surface area contributed by atoms with Crippen molar-refractivity contribution in [2.75, 3.05) is 13.2 Å². The summed E-state index contributed by atoms with van der Waals surface area (Å²) in [6, 6.07) is 2.09. The molecule has 126 valence electrons. The third-order valence-electron chi connectivity index (χ3n) is 3.14. The zero-order valence-electron chi connectivity index (χ0n) is 13.8. The molecule has 2 aliphatic heterocycles. The molecule has 0 N–H and O–H groups in total. The summed E-state index contributed by atoms with van der Waals surface area (Å²) in [5.74, 6) is 0. The SMILES string of the molecule is N#CC1=COC=CC=CC=CN=CC=NC=C2C=NCN2CCC=C1. The van der Waals surface area contributed by atoms with E-state index in [0.29, 0.717) is 12.2 Å². The van der Waals surface area contributed by atoms with Crippen LogP contribution in [0.4, 0.5) is 0 Å². The number of nitriles is 1. The van der Waals surface area contributed by atoms with Crippen molar-refractivity contribution in [3.8, 4) is 6.07 Å². The molecular formula is C19H19N5O. The summed E-state index contributed by atoms with van der Waals surface area (Å²) >= 11 is 0. The van der Waals surface area contributed by atoms with Crippen LogP contribution in [0, 0.1) is 11.3 Å². The van der Waals surface area contributed by atoms with E-state index in [-0.39, 0.29) is 0 Å². The molecule has 6 nitrogen and oxygen atoms in total. The van der Waals surface area contributed by atoms with Gasteiger partial charge in [0.25, 0.3) is 0 Å². The number of hydrogen-bond acceptors (Lipinski definition) is 6. The lowest BCUT2D eigenvalue weighted by molar-refractivity contribution is 0.397. The zero-order chi connectivity index (χ0) is 17.6. The highest BCUT2D eigenvalue weighted by Gasteiger charge is 2.10. The van der Waals surface area contributed by atoms with E-state index in [2.05, 4.69) is 25.9 Å². The van der Waals surface area contributed by atoms with Gasteiger partial charge in [0.2, 0.25) is 0 Å². The van der Waals surface area contributed by atoms with Crippen molar-refractivity contribution in [1.29, 1.82) is 5.26 Å². The maximum atomic E-state index is 9.09. The Morgan fingerprint density at radius 2 is 2.00 bits per heavy atom. The highest BCUT2D eigenvalue weighted by molar-refractivity contribution is 6.16. The Balaban J connectivity index is 2.09. The molecular weight excluding hydrogens is 314 g/mol. The van der Waals surface area contributed by atoms with E-state index < -0.39 is 0 Å². The summed E-state index contributed by atoms with van der Waals surface area (Å²) in [6.45, 7) is 1.41. The van der Waals surface area contributed by atoms with Crippen LogP contribution in [0.1, 0.15) is 6.42 Å². The summed E-state index contributed by atoms with van der Waals surface area (Å²) in [5.41, 5.74) is 1.41. The fraction of sp³-hybridized carbons (Fsp3) is 0.158. The van der Waals surface area contributed by atoms with Gasteiger partial charge < -0.3 is 9.64 Å². The predicted molar refractivity (Wildman–Crippen MR) is 101 cm³/mol. The molecule has 0 radical (unpaired) electrons. The average Bonchev–Trinajstić information content (AvgIpc) is 3.07. The van der Waals surface area contributed by atoms with Gasteiger partial charge in [-0.3, -0.25) is 15.0 Å². The topological polar surface area (TPSA) is 73.3 Å². The Hall–Kier alpha value is -3.46. The molecule has 2 rings (SSSR count). The summed E-state index contributed by atoms with van der Waals surface area (Å²) < 4.78 is 5.21. The van der Waals surface area contributed by atoms with Gasteiger partial charge in [-0.25, -0.2) is 0 Å². The van der Waals surface area contributed by atoms with Crippen molar-refractivity contribution in [2.24, 2.45) is 15.0 Å². The summed E-state index contributed by atoms with van der Waals surface area (Å²) in [6.07, 6.45) is 23.0. The summed E-state index contributed by atoms with van der Waals surface area (Å²) in [4.78, 5) is 14.6. The molecule has 0 aliphatic carbocycles. The average molecular weight is 333 g/mol.